The van der Waals surface area contributed by atoms with Crippen molar-refractivity contribution in [3.8, 4) is 0 Å². The summed E-state index contributed by atoms with van der Waals surface area (Å²) < 4.78 is 0. The first-order valence-electron chi connectivity index (χ1n) is 7.01. The zero-order valence-corrected chi connectivity index (χ0v) is 12.8. The first kappa shape index (κ1) is 13.2. The first-order valence-corrected chi connectivity index (χ1v) is 7.76. The molecule has 4 rings (SSSR count). The molecule has 1 unspecified atom stereocenters. The molecule has 21 heavy (non-hydrogen) atoms. The quantitative estimate of drug-likeness (QED) is 0.759. The van der Waals surface area contributed by atoms with Crippen LogP contribution in [0, 0.1) is 0 Å². The fourth-order valence-corrected chi connectivity index (χ4v) is 4.13. The van der Waals surface area contributed by atoms with E-state index in [1.165, 1.54) is 0 Å². The normalized spacial score (nSPS) is 23.3. The lowest BCUT2D eigenvalue weighted by Gasteiger charge is -2.33. The third-order valence-electron chi connectivity index (χ3n) is 4.59. The maximum Gasteiger partial charge on any atom is 0.255 e. The SMILES string of the molecule is O=C1c2ccc(Cl)cc2C2(c3cccc(Cl)c3)CCCN12. The zero-order valence-electron chi connectivity index (χ0n) is 11.3. The summed E-state index contributed by atoms with van der Waals surface area (Å²) in [6.07, 6.45) is 1.90. The molecule has 2 aromatic rings. The molecule has 0 aromatic heterocycles. The van der Waals surface area contributed by atoms with Gasteiger partial charge in [0.1, 0.15) is 0 Å². The Balaban J connectivity index is 2.02. The summed E-state index contributed by atoms with van der Waals surface area (Å²) in [5, 5.41) is 1.35. The van der Waals surface area contributed by atoms with E-state index < -0.39 is 5.54 Å². The lowest BCUT2D eigenvalue weighted by Crippen LogP contribution is -2.39. The Morgan fingerprint density at radius 2 is 1.86 bits per heavy atom. The van der Waals surface area contributed by atoms with Crippen LogP contribution in [0.4, 0.5) is 0 Å². The predicted molar refractivity (Wildman–Crippen MR) is 84.0 cm³/mol. The van der Waals surface area contributed by atoms with Gasteiger partial charge in [0.15, 0.2) is 0 Å². The fourth-order valence-electron chi connectivity index (χ4n) is 3.77. The van der Waals surface area contributed by atoms with Gasteiger partial charge in [0, 0.05) is 22.2 Å². The van der Waals surface area contributed by atoms with E-state index in [1.807, 2.05) is 41.3 Å². The highest BCUT2D eigenvalue weighted by atomic mass is 35.5. The third kappa shape index (κ3) is 1.69. The van der Waals surface area contributed by atoms with Crippen molar-refractivity contribution >= 4 is 29.1 Å². The van der Waals surface area contributed by atoms with Crippen LogP contribution in [0.2, 0.25) is 10.0 Å². The van der Waals surface area contributed by atoms with Crippen molar-refractivity contribution in [2.45, 2.75) is 18.4 Å². The second kappa shape index (κ2) is 4.49. The molecule has 0 aliphatic carbocycles. The van der Waals surface area contributed by atoms with Crippen LogP contribution in [0.15, 0.2) is 42.5 Å². The highest BCUT2D eigenvalue weighted by molar-refractivity contribution is 6.31. The molecule has 0 spiro atoms. The van der Waals surface area contributed by atoms with E-state index >= 15 is 0 Å². The van der Waals surface area contributed by atoms with Crippen LogP contribution in [0.1, 0.15) is 34.3 Å². The summed E-state index contributed by atoms with van der Waals surface area (Å²) in [5.41, 5.74) is 2.45. The number of amides is 1. The van der Waals surface area contributed by atoms with Crippen LogP contribution in [-0.2, 0) is 5.54 Å². The molecule has 2 heterocycles. The van der Waals surface area contributed by atoms with Gasteiger partial charge in [0.25, 0.3) is 5.91 Å². The molecule has 1 atom stereocenters. The van der Waals surface area contributed by atoms with Crippen molar-refractivity contribution in [3.63, 3.8) is 0 Å². The van der Waals surface area contributed by atoms with Gasteiger partial charge in [-0.3, -0.25) is 4.79 Å². The highest BCUT2D eigenvalue weighted by Gasteiger charge is 2.53. The monoisotopic (exact) mass is 317 g/mol. The standard InChI is InChI=1S/C17H13Cl2NO/c18-12-4-1-3-11(9-12)17-7-2-8-20(17)16(21)14-6-5-13(19)10-15(14)17/h1,3-6,9-10H,2,7-8H2. The molecule has 2 aromatic carbocycles. The van der Waals surface area contributed by atoms with Crippen LogP contribution in [-0.4, -0.2) is 17.4 Å². The summed E-state index contributed by atoms with van der Waals surface area (Å²) >= 11 is 12.4. The van der Waals surface area contributed by atoms with Crippen LogP contribution in [0.25, 0.3) is 0 Å². The van der Waals surface area contributed by atoms with E-state index in [-0.39, 0.29) is 5.91 Å². The average Bonchev–Trinajstić information content (AvgIpc) is 3.00. The van der Waals surface area contributed by atoms with Crippen molar-refractivity contribution in [2.75, 3.05) is 6.54 Å². The molecule has 2 nitrogen and oxygen atoms in total. The predicted octanol–water partition coefficient (Wildman–Crippen LogP) is 4.49. The second-order valence-corrected chi connectivity index (χ2v) is 6.49. The number of carbonyl (C=O) groups excluding carboxylic acids is 1. The summed E-state index contributed by atoms with van der Waals surface area (Å²) in [7, 11) is 0. The molecular weight excluding hydrogens is 305 g/mol. The number of benzene rings is 2. The third-order valence-corrected chi connectivity index (χ3v) is 5.06. The van der Waals surface area contributed by atoms with Gasteiger partial charge in [-0.2, -0.15) is 0 Å². The maximum absolute atomic E-state index is 12.7. The Kier molecular flexibility index (Phi) is 2.82. The van der Waals surface area contributed by atoms with Crippen molar-refractivity contribution in [1.82, 2.24) is 4.90 Å². The molecule has 0 radical (unpaired) electrons. The van der Waals surface area contributed by atoms with Crippen LogP contribution in [0.3, 0.4) is 0 Å². The maximum atomic E-state index is 12.7. The topological polar surface area (TPSA) is 20.3 Å². The Morgan fingerprint density at radius 3 is 2.67 bits per heavy atom. The van der Waals surface area contributed by atoms with Gasteiger partial charge in [-0.05, 0) is 54.3 Å². The fraction of sp³-hybridized carbons (Fsp3) is 0.235. The van der Waals surface area contributed by atoms with E-state index in [0.717, 1.165) is 36.1 Å². The smallest absolute Gasteiger partial charge is 0.255 e. The van der Waals surface area contributed by atoms with E-state index in [4.69, 9.17) is 23.2 Å². The number of fused-ring (bicyclic) bond motifs is 3. The number of rotatable bonds is 1. The van der Waals surface area contributed by atoms with E-state index in [9.17, 15) is 4.79 Å². The Labute approximate surface area is 133 Å². The summed E-state index contributed by atoms with van der Waals surface area (Å²) in [4.78, 5) is 14.7. The van der Waals surface area contributed by atoms with Gasteiger partial charge in [-0.15, -0.1) is 0 Å². The van der Waals surface area contributed by atoms with Crippen LogP contribution >= 0.6 is 23.2 Å². The molecule has 4 heteroatoms. The van der Waals surface area contributed by atoms with Crippen LogP contribution in [0.5, 0.6) is 0 Å². The van der Waals surface area contributed by atoms with Crippen molar-refractivity contribution in [2.24, 2.45) is 0 Å². The van der Waals surface area contributed by atoms with Gasteiger partial charge in [0.2, 0.25) is 0 Å². The Morgan fingerprint density at radius 1 is 1.05 bits per heavy atom. The van der Waals surface area contributed by atoms with E-state index in [0.29, 0.717) is 10.0 Å². The minimum atomic E-state index is -0.401. The zero-order chi connectivity index (χ0) is 14.6. The molecule has 1 amide bonds. The highest BCUT2D eigenvalue weighted by Crippen LogP contribution is 2.51. The second-order valence-electron chi connectivity index (χ2n) is 5.62. The summed E-state index contributed by atoms with van der Waals surface area (Å²) in [6, 6.07) is 13.4. The lowest BCUT2D eigenvalue weighted by molar-refractivity contribution is 0.0711. The molecule has 106 valence electrons. The lowest BCUT2D eigenvalue weighted by atomic mass is 9.81. The molecule has 1 fully saturated rings. The number of carbonyl (C=O) groups is 1. The first-order chi connectivity index (χ1) is 10.1. The number of nitrogens with zero attached hydrogens (tertiary/aromatic N) is 1. The van der Waals surface area contributed by atoms with Gasteiger partial charge < -0.3 is 4.90 Å². The molecule has 2 aliphatic heterocycles. The number of hydrogen-bond donors (Lipinski definition) is 0. The molecule has 0 bridgehead atoms. The minimum Gasteiger partial charge on any atom is -0.325 e. The summed E-state index contributed by atoms with van der Waals surface area (Å²) in [5.74, 6) is 0.0964. The number of hydrogen-bond acceptors (Lipinski definition) is 1. The molecule has 0 saturated carbocycles. The van der Waals surface area contributed by atoms with Gasteiger partial charge in [-0.1, -0.05) is 35.3 Å². The van der Waals surface area contributed by atoms with Gasteiger partial charge in [0.05, 0.1) is 5.54 Å². The molecule has 0 N–H and O–H groups in total. The van der Waals surface area contributed by atoms with Gasteiger partial charge in [-0.25, -0.2) is 0 Å². The van der Waals surface area contributed by atoms with Crippen LogP contribution < -0.4 is 0 Å². The summed E-state index contributed by atoms with van der Waals surface area (Å²) in [6.45, 7) is 0.775. The molecule has 2 aliphatic rings. The molecular formula is C17H13Cl2NO. The van der Waals surface area contributed by atoms with Crippen molar-refractivity contribution in [3.05, 3.63) is 69.2 Å². The Bertz CT molecular complexity index is 758. The molecule has 1 saturated heterocycles. The van der Waals surface area contributed by atoms with Gasteiger partial charge >= 0.3 is 0 Å². The minimum absolute atomic E-state index is 0.0964. The van der Waals surface area contributed by atoms with Crippen molar-refractivity contribution in [1.29, 1.82) is 0 Å². The Hall–Kier alpha value is -1.51. The largest absolute Gasteiger partial charge is 0.325 e. The van der Waals surface area contributed by atoms with Crippen molar-refractivity contribution < 1.29 is 4.79 Å². The average molecular weight is 318 g/mol. The van der Waals surface area contributed by atoms with E-state index in [1.54, 1.807) is 6.07 Å². The number of halogens is 2. The van der Waals surface area contributed by atoms with E-state index in [2.05, 4.69) is 0 Å².